The molecule has 0 amide bonds. The zero-order valence-electron chi connectivity index (χ0n) is 14.5. The van der Waals surface area contributed by atoms with Crippen LogP contribution in [0.15, 0.2) is 84.9 Å². The molecule has 0 atom stereocenters. The molecule has 26 heavy (non-hydrogen) atoms. The first-order valence-electron chi connectivity index (χ1n) is 9.31. The van der Waals surface area contributed by atoms with Crippen molar-refractivity contribution in [2.75, 3.05) is 0 Å². The summed E-state index contributed by atoms with van der Waals surface area (Å²) in [5.41, 5.74) is 14.4. The van der Waals surface area contributed by atoms with Crippen molar-refractivity contribution in [2.24, 2.45) is 0 Å². The van der Waals surface area contributed by atoms with Crippen LogP contribution in [0, 0.1) is 0 Å². The predicted octanol–water partition coefficient (Wildman–Crippen LogP) is 6.50. The Balaban J connectivity index is 1.73. The van der Waals surface area contributed by atoms with E-state index in [0.29, 0.717) is 0 Å². The lowest BCUT2D eigenvalue weighted by atomic mass is 9.87. The zero-order chi connectivity index (χ0) is 17.1. The Hall–Kier alpha value is -3.12. The minimum absolute atomic E-state index is 1.03. The molecule has 0 aromatic heterocycles. The molecule has 0 saturated heterocycles. The molecule has 122 valence electrons. The lowest BCUT2D eigenvalue weighted by Crippen LogP contribution is -1.94. The van der Waals surface area contributed by atoms with Crippen molar-refractivity contribution >= 4 is 0 Å². The molecule has 0 bridgehead atoms. The van der Waals surface area contributed by atoms with Gasteiger partial charge in [0, 0.05) is 0 Å². The number of hydrogen-bond acceptors (Lipinski definition) is 0. The first-order valence-corrected chi connectivity index (χ1v) is 9.31. The van der Waals surface area contributed by atoms with Crippen LogP contribution >= 0.6 is 0 Å². The molecule has 6 rings (SSSR count). The molecule has 0 fully saturated rings. The molecule has 0 nitrogen and oxygen atoms in total. The quantitative estimate of drug-likeness (QED) is 0.323. The molecule has 0 unspecified atom stereocenters. The van der Waals surface area contributed by atoms with Crippen LogP contribution in [0.3, 0.4) is 0 Å². The van der Waals surface area contributed by atoms with Gasteiger partial charge in [-0.2, -0.15) is 0 Å². The Bertz CT molecular complexity index is 1170. The van der Waals surface area contributed by atoms with E-state index >= 15 is 0 Å². The van der Waals surface area contributed by atoms with E-state index in [-0.39, 0.29) is 0 Å². The van der Waals surface area contributed by atoms with Gasteiger partial charge in [0.2, 0.25) is 0 Å². The summed E-state index contributed by atoms with van der Waals surface area (Å²) in [5, 5.41) is 0. The second-order valence-corrected chi connectivity index (χ2v) is 7.35. The number of hydrogen-bond donors (Lipinski definition) is 0. The summed E-state index contributed by atoms with van der Waals surface area (Å²) in [5.74, 6) is 0. The maximum Gasteiger partial charge on any atom is -0.000706 e. The van der Waals surface area contributed by atoms with Crippen molar-refractivity contribution in [2.45, 2.75) is 12.8 Å². The lowest BCUT2D eigenvalue weighted by molar-refractivity contribution is 1.24. The van der Waals surface area contributed by atoms with Crippen LogP contribution in [-0.2, 0) is 12.8 Å². The lowest BCUT2D eigenvalue weighted by Gasteiger charge is -2.16. The third-order valence-electron chi connectivity index (χ3n) is 5.92. The van der Waals surface area contributed by atoms with E-state index in [1.165, 1.54) is 55.6 Å². The number of benzene rings is 4. The monoisotopic (exact) mass is 330 g/mol. The summed E-state index contributed by atoms with van der Waals surface area (Å²) < 4.78 is 0. The van der Waals surface area contributed by atoms with Crippen LogP contribution in [0.25, 0.3) is 33.4 Å². The van der Waals surface area contributed by atoms with Gasteiger partial charge in [0.25, 0.3) is 0 Å². The van der Waals surface area contributed by atoms with Crippen LogP contribution < -0.4 is 0 Å². The number of rotatable bonds is 1. The highest BCUT2D eigenvalue weighted by atomic mass is 14.3. The predicted molar refractivity (Wildman–Crippen MR) is 108 cm³/mol. The fraction of sp³-hybridized carbons (Fsp3) is 0.0769. The third-order valence-corrected chi connectivity index (χ3v) is 5.92. The highest BCUT2D eigenvalue weighted by Gasteiger charge is 2.29. The van der Waals surface area contributed by atoms with Crippen LogP contribution in [0.5, 0.6) is 0 Å². The van der Waals surface area contributed by atoms with Gasteiger partial charge in [0.1, 0.15) is 0 Å². The van der Waals surface area contributed by atoms with E-state index < -0.39 is 0 Å². The molecule has 4 aromatic rings. The van der Waals surface area contributed by atoms with E-state index in [0.717, 1.165) is 12.8 Å². The molecule has 0 heteroatoms. The van der Waals surface area contributed by atoms with Gasteiger partial charge in [-0.25, -0.2) is 0 Å². The molecule has 0 heterocycles. The normalized spacial score (nSPS) is 13.1. The maximum atomic E-state index is 2.46. The first kappa shape index (κ1) is 14.1. The topological polar surface area (TPSA) is 0 Å². The summed E-state index contributed by atoms with van der Waals surface area (Å²) in [6.07, 6.45) is 2.08. The Morgan fingerprint density at radius 3 is 1.92 bits per heavy atom. The van der Waals surface area contributed by atoms with Crippen molar-refractivity contribution in [3.63, 3.8) is 0 Å². The Kier molecular flexibility index (Phi) is 2.81. The van der Waals surface area contributed by atoms with Crippen molar-refractivity contribution < 1.29 is 0 Å². The molecular weight excluding hydrogens is 312 g/mol. The number of fused-ring (bicyclic) bond motifs is 6. The van der Waals surface area contributed by atoms with Crippen molar-refractivity contribution in [1.29, 1.82) is 0 Å². The van der Waals surface area contributed by atoms with Crippen LogP contribution in [0.2, 0.25) is 0 Å². The maximum absolute atomic E-state index is 2.46. The molecule has 0 N–H and O–H groups in total. The van der Waals surface area contributed by atoms with E-state index in [1.807, 2.05) is 0 Å². The average Bonchev–Trinajstić information content (AvgIpc) is 3.25. The first-order chi connectivity index (χ1) is 12.9. The Morgan fingerprint density at radius 2 is 1.12 bits per heavy atom. The molecule has 4 aromatic carbocycles. The second-order valence-electron chi connectivity index (χ2n) is 7.35. The summed E-state index contributed by atoms with van der Waals surface area (Å²) in [6.45, 7) is 0. The largest absolute Gasteiger partial charge is 0.0622 e. The highest BCUT2D eigenvalue weighted by Crippen LogP contribution is 2.51. The fourth-order valence-corrected chi connectivity index (χ4v) is 4.83. The summed E-state index contributed by atoms with van der Waals surface area (Å²) >= 11 is 0. The van der Waals surface area contributed by atoms with Gasteiger partial charge in [-0.1, -0.05) is 78.9 Å². The van der Waals surface area contributed by atoms with Gasteiger partial charge in [-0.3, -0.25) is 0 Å². The average molecular weight is 330 g/mol. The van der Waals surface area contributed by atoms with Crippen molar-refractivity contribution in [3.8, 4) is 33.4 Å². The minimum Gasteiger partial charge on any atom is -0.0622 e. The highest BCUT2D eigenvalue weighted by molar-refractivity contribution is 5.98. The summed E-state index contributed by atoms with van der Waals surface area (Å²) in [4.78, 5) is 0. The van der Waals surface area contributed by atoms with E-state index in [2.05, 4.69) is 84.9 Å². The zero-order valence-corrected chi connectivity index (χ0v) is 14.5. The second kappa shape index (κ2) is 5.19. The van der Waals surface area contributed by atoms with Crippen LogP contribution in [0.1, 0.15) is 22.3 Å². The van der Waals surface area contributed by atoms with E-state index in [4.69, 9.17) is 0 Å². The van der Waals surface area contributed by atoms with Gasteiger partial charge in [0.15, 0.2) is 0 Å². The molecule has 0 aliphatic heterocycles. The standard InChI is InChI=1S/C26H18/c1-2-8-17(9-3-1)25-24-15-19-11-4-6-12-21(19)23(24)16-20-14-18-10-5-7-13-22(18)26(20)25/h1-13,16H,14-15H2. The molecule has 2 aliphatic rings. The van der Waals surface area contributed by atoms with Gasteiger partial charge < -0.3 is 0 Å². The van der Waals surface area contributed by atoms with Crippen LogP contribution in [-0.4, -0.2) is 0 Å². The molecule has 0 radical (unpaired) electrons. The van der Waals surface area contributed by atoms with Gasteiger partial charge in [-0.15, -0.1) is 0 Å². The third kappa shape index (κ3) is 1.84. The van der Waals surface area contributed by atoms with E-state index in [1.54, 1.807) is 0 Å². The van der Waals surface area contributed by atoms with Gasteiger partial charge >= 0.3 is 0 Å². The summed E-state index contributed by atoms with van der Waals surface area (Å²) in [7, 11) is 0. The van der Waals surface area contributed by atoms with E-state index in [9.17, 15) is 0 Å². The van der Waals surface area contributed by atoms with Gasteiger partial charge in [-0.05, 0) is 74.5 Å². The SMILES string of the molecule is c1ccc(-c2c3c(cc4c2-c2ccccc2C4)-c2ccccc2C3)cc1. The Labute approximate surface area is 153 Å². The molecule has 2 aliphatic carbocycles. The van der Waals surface area contributed by atoms with Gasteiger partial charge in [0.05, 0.1) is 0 Å². The summed E-state index contributed by atoms with van der Waals surface area (Å²) in [6, 6.07) is 31.2. The fourth-order valence-electron chi connectivity index (χ4n) is 4.83. The minimum atomic E-state index is 1.03. The van der Waals surface area contributed by atoms with Crippen molar-refractivity contribution in [3.05, 3.63) is 107 Å². The Morgan fingerprint density at radius 1 is 0.462 bits per heavy atom. The smallest absolute Gasteiger partial charge is 0.000706 e. The van der Waals surface area contributed by atoms with Crippen molar-refractivity contribution in [1.82, 2.24) is 0 Å². The molecule has 0 spiro atoms. The molecular formula is C26H18. The van der Waals surface area contributed by atoms with Crippen LogP contribution in [0.4, 0.5) is 0 Å². The molecule has 0 saturated carbocycles.